The number of anilines is 1. The Morgan fingerprint density at radius 1 is 1.15 bits per heavy atom. The molecule has 0 aliphatic carbocycles. The Morgan fingerprint density at radius 2 is 1.81 bits per heavy atom. The van der Waals surface area contributed by atoms with Crippen molar-refractivity contribution in [3.63, 3.8) is 0 Å². The average Bonchev–Trinajstić information content (AvgIpc) is 2.67. The molecule has 0 saturated carbocycles. The summed E-state index contributed by atoms with van der Waals surface area (Å²) in [5.41, 5.74) is 2.39. The maximum Gasteiger partial charge on any atom is 0.225 e. The highest BCUT2D eigenvalue weighted by molar-refractivity contribution is 5.90. The predicted octanol–water partition coefficient (Wildman–Crippen LogP) is 3.41. The Kier molecular flexibility index (Phi) is 8.00. The third-order valence-corrected chi connectivity index (χ3v) is 4.58. The summed E-state index contributed by atoms with van der Waals surface area (Å²) >= 11 is 0. The molecule has 5 heteroatoms. The van der Waals surface area contributed by atoms with Gasteiger partial charge in [0, 0.05) is 31.2 Å². The summed E-state index contributed by atoms with van der Waals surface area (Å²) in [7, 11) is 0. The van der Waals surface area contributed by atoms with E-state index in [4.69, 9.17) is 5.26 Å². The first-order valence-corrected chi connectivity index (χ1v) is 9.22. The average molecular weight is 365 g/mol. The summed E-state index contributed by atoms with van der Waals surface area (Å²) in [5.74, 6) is 0.193. The van der Waals surface area contributed by atoms with Crippen LogP contribution in [0.3, 0.4) is 0 Å². The van der Waals surface area contributed by atoms with E-state index in [0.717, 1.165) is 5.56 Å². The summed E-state index contributed by atoms with van der Waals surface area (Å²) < 4.78 is 0. The highest BCUT2D eigenvalue weighted by atomic mass is 16.3. The normalized spacial score (nSPS) is 12.0. The molecule has 2 aromatic carbocycles. The van der Waals surface area contributed by atoms with Crippen LogP contribution in [-0.2, 0) is 11.3 Å². The lowest BCUT2D eigenvalue weighted by atomic mass is 10.0. The molecule has 0 aliphatic rings. The molecule has 0 aliphatic heterocycles. The van der Waals surface area contributed by atoms with E-state index in [1.54, 1.807) is 24.3 Å². The van der Waals surface area contributed by atoms with Crippen LogP contribution >= 0.6 is 0 Å². The molecule has 2 aromatic rings. The SMILES string of the molecule is CC(C)C(CO)N(CCC(=O)Nc1ccc(C#N)cc1)Cc1ccccc1. The van der Waals surface area contributed by atoms with Crippen molar-refractivity contribution in [1.29, 1.82) is 5.26 Å². The van der Waals surface area contributed by atoms with Crippen LogP contribution in [-0.4, -0.2) is 35.1 Å². The van der Waals surface area contributed by atoms with Crippen LogP contribution in [0.25, 0.3) is 0 Å². The third kappa shape index (κ3) is 6.52. The number of benzene rings is 2. The number of carbonyl (C=O) groups excluding carboxylic acids is 1. The molecule has 27 heavy (non-hydrogen) atoms. The fourth-order valence-electron chi connectivity index (χ4n) is 3.02. The first kappa shape index (κ1) is 20.6. The second-order valence-electron chi connectivity index (χ2n) is 6.94. The Balaban J connectivity index is 1.98. The Labute approximate surface area is 161 Å². The van der Waals surface area contributed by atoms with Crippen molar-refractivity contribution in [3.05, 3.63) is 65.7 Å². The molecule has 0 heterocycles. The maximum absolute atomic E-state index is 12.3. The van der Waals surface area contributed by atoms with Crippen LogP contribution < -0.4 is 5.32 Å². The number of amides is 1. The highest BCUT2D eigenvalue weighted by Crippen LogP contribution is 2.16. The van der Waals surface area contributed by atoms with Crippen molar-refractivity contribution in [3.8, 4) is 6.07 Å². The molecular weight excluding hydrogens is 338 g/mol. The summed E-state index contributed by atoms with van der Waals surface area (Å²) in [6.45, 7) is 5.46. The molecule has 1 amide bonds. The van der Waals surface area contributed by atoms with Crippen molar-refractivity contribution in [2.45, 2.75) is 32.9 Å². The fraction of sp³-hybridized carbons (Fsp3) is 0.364. The van der Waals surface area contributed by atoms with E-state index < -0.39 is 0 Å². The van der Waals surface area contributed by atoms with E-state index in [2.05, 4.69) is 42.3 Å². The van der Waals surface area contributed by atoms with Gasteiger partial charge in [-0.2, -0.15) is 5.26 Å². The van der Waals surface area contributed by atoms with Gasteiger partial charge in [-0.25, -0.2) is 0 Å². The highest BCUT2D eigenvalue weighted by Gasteiger charge is 2.22. The number of aliphatic hydroxyl groups excluding tert-OH is 1. The molecule has 0 aromatic heterocycles. The Morgan fingerprint density at radius 3 is 2.37 bits per heavy atom. The van der Waals surface area contributed by atoms with Crippen LogP contribution in [0.4, 0.5) is 5.69 Å². The summed E-state index contributed by atoms with van der Waals surface area (Å²) in [4.78, 5) is 14.5. The number of rotatable bonds is 9. The van der Waals surface area contributed by atoms with Crippen LogP contribution in [0.2, 0.25) is 0 Å². The van der Waals surface area contributed by atoms with E-state index in [1.165, 1.54) is 0 Å². The minimum atomic E-state index is -0.0850. The molecular formula is C22H27N3O2. The largest absolute Gasteiger partial charge is 0.395 e. The van der Waals surface area contributed by atoms with Gasteiger partial charge in [0.25, 0.3) is 0 Å². The first-order chi connectivity index (χ1) is 13.0. The minimum absolute atomic E-state index is 0.00656. The summed E-state index contributed by atoms with van der Waals surface area (Å²) in [6, 6.07) is 18.9. The van der Waals surface area contributed by atoms with Gasteiger partial charge in [0.15, 0.2) is 0 Å². The van der Waals surface area contributed by atoms with Crippen molar-refractivity contribution in [1.82, 2.24) is 4.90 Å². The Hall–Kier alpha value is -2.68. The van der Waals surface area contributed by atoms with Crippen LogP contribution in [0, 0.1) is 17.2 Å². The molecule has 0 spiro atoms. The van der Waals surface area contributed by atoms with E-state index in [-0.39, 0.29) is 24.5 Å². The zero-order valence-electron chi connectivity index (χ0n) is 15.9. The number of carbonyl (C=O) groups is 1. The number of nitrogens with zero attached hydrogens (tertiary/aromatic N) is 2. The van der Waals surface area contributed by atoms with Crippen LogP contribution in [0.15, 0.2) is 54.6 Å². The van der Waals surface area contributed by atoms with E-state index >= 15 is 0 Å². The Bertz CT molecular complexity index is 751. The van der Waals surface area contributed by atoms with Gasteiger partial charge in [0.05, 0.1) is 18.2 Å². The van der Waals surface area contributed by atoms with E-state index in [9.17, 15) is 9.90 Å². The standard InChI is InChI=1S/C22H27N3O2/c1-17(2)21(16-26)25(15-19-6-4-3-5-7-19)13-12-22(27)24-20-10-8-18(14-23)9-11-20/h3-11,17,21,26H,12-13,15-16H2,1-2H3,(H,24,27). The van der Waals surface area contributed by atoms with Crippen LogP contribution in [0.5, 0.6) is 0 Å². The number of nitriles is 1. The smallest absolute Gasteiger partial charge is 0.225 e. The quantitative estimate of drug-likeness (QED) is 0.714. The summed E-state index contributed by atoms with van der Waals surface area (Å²) in [5, 5.41) is 21.5. The number of hydrogen-bond acceptors (Lipinski definition) is 4. The zero-order valence-corrected chi connectivity index (χ0v) is 15.9. The monoisotopic (exact) mass is 365 g/mol. The predicted molar refractivity (Wildman–Crippen MR) is 107 cm³/mol. The van der Waals surface area contributed by atoms with Gasteiger partial charge in [-0.05, 0) is 35.7 Å². The van der Waals surface area contributed by atoms with E-state index in [0.29, 0.717) is 30.8 Å². The number of nitrogens with one attached hydrogen (secondary N) is 1. The molecule has 2 rings (SSSR count). The van der Waals surface area contributed by atoms with Gasteiger partial charge in [-0.1, -0.05) is 44.2 Å². The van der Waals surface area contributed by atoms with Crippen molar-refractivity contribution < 1.29 is 9.90 Å². The molecule has 142 valence electrons. The lowest BCUT2D eigenvalue weighted by Gasteiger charge is -2.33. The molecule has 1 unspecified atom stereocenters. The minimum Gasteiger partial charge on any atom is -0.395 e. The second-order valence-corrected chi connectivity index (χ2v) is 6.94. The van der Waals surface area contributed by atoms with Gasteiger partial charge >= 0.3 is 0 Å². The number of hydrogen-bond donors (Lipinski definition) is 2. The summed E-state index contributed by atoms with van der Waals surface area (Å²) in [6.07, 6.45) is 0.329. The zero-order chi connectivity index (χ0) is 19.6. The molecule has 0 bridgehead atoms. The van der Waals surface area contributed by atoms with Gasteiger partial charge in [-0.15, -0.1) is 0 Å². The lowest BCUT2D eigenvalue weighted by Crippen LogP contribution is -2.42. The molecule has 2 N–H and O–H groups in total. The van der Waals surface area contributed by atoms with Gasteiger partial charge in [-0.3, -0.25) is 9.69 Å². The topological polar surface area (TPSA) is 76.4 Å². The van der Waals surface area contributed by atoms with Crippen LogP contribution in [0.1, 0.15) is 31.4 Å². The fourth-order valence-corrected chi connectivity index (χ4v) is 3.02. The van der Waals surface area contributed by atoms with Gasteiger partial charge in [0.1, 0.15) is 0 Å². The van der Waals surface area contributed by atoms with Crippen molar-refractivity contribution >= 4 is 11.6 Å². The van der Waals surface area contributed by atoms with Gasteiger partial charge < -0.3 is 10.4 Å². The number of aliphatic hydroxyl groups is 1. The lowest BCUT2D eigenvalue weighted by molar-refractivity contribution is -0.116. The van der Waals surface area contributed by atoms with E-state index in [1.807, 2.05) is 18.2 Å². The molecule has 5 nitrogen and oxygen atoms in total. The van der Waals surface area contributed by atoms with Crippen molar-refractivity contribution in [2.75, 3.05) is 18.5 Å². The molecule has 0 fully saturated rings. The first-order valence-electron chi connectivity index (χ1n) is 9.22. The second kappa shape index (κ2) is 10.5. The maximum atomic E-state index is 12.3. The molecule has 1 atom stereocenters. The van der Waals surface area contributed by atoms with Gasteiger partial charge in [0.2, 0.25) is 5.91 Å². The van der Waals surface area contributed by atoms with Crippen molar-refractivity contribution in [2.24, 2.45) is 5.92 Å². The molecule has 0 radical (unpaired) electrons. The molecule has 0 saturated heterocycles. The third-order valence-electron chi connectivity index (χ3n) is 4.58.